The number of hydrogen-bond acceptors (Lipinski definition) is 4. The van der Waals surface area contributed by atoms with Crippen LogP contribution in [0.3, 0.4) is 0 Å². The lowest BCUT2D eigenvalue weighted by Gasteiger charge is -2.20. The summed E-state index contributed by atoms with van der Waals surface area (Å²) in [4.78, 5) is 36.3. The van der Waals surface area contributed by atoms with Crippen molar-refractivity contribution in [1.29, 1.82) is 0 Å². The van der Waals surface area contributed by atoms with Crippen molar-refractivity contribution in [2.24, 2.45) is 0 Å². The summed E-state index contributed by atoms with van der Waals surface area (Å²) in [6, 6.07) is 12.9. The van der Waals surface area contributed by atoms with Gasteiger partial charge in [-0.05, 0) is 57.2 Å². The summed E-state index contributed by atoms with van der Waals surface area (Å²) in [5.41, 5.74) is 1.18. The van der Waals surface area contributed by atoms with Crippen LogP contribution in [0.25, 0.3) is 0 Å². The van der Waals surface area contributed by atoms with Crippen molar-refractivity contribution in [2.45, 2.75) is 26.3 Å². The number of ether oxygens (including phenoxy) is 1. The van der Waals surface area contributed by atoms with E-state index < -0.39 is 5.97 Å². The quantitative estimate of drug-likeness (QED) is 0.826. The highest BCUT2D eigenvalue weighted by atomic mass is 16.5. The topological polar surface area (TPSA) is 84.5 Å². The molecular formula is C20H22N2O4. The van der Waals surface area contributed by atoms with E-state index in [0.717, 1.165) is 0 Å². The van der Waals surface area contributed by atoms with Gasteiger partial charge in [-0.15, -0.1) is 0 Å². The van der Waals surface area contributed by atoms with E-state index in [2.05, 4.69) is 15.4 Å². The van der Waals surface area contributed by atoms with E-state index in [-0.39, 0.29) is 17.4 Å². The third-order valence-corrected chi connectivity index (χ3v) is 3.42. The predicted octanol–water partition coefficient (Wildman–Crippen LogP) is 3.25. The predicted molar refractivity (Wildman–Crippen MR) is 99.4 cm³/mol. The first-order chi connectivity index (χ1) is 12.2. The van der Waals surface area contributed by atoms with Crippen molar-refractivity contribution in [3.63, 3.8) is 0 Å². The lowest BCUT2D eigenvalue weighted by Crippen LogP contribution is -2.40. The number of esters is 1. The summed E-state index contributed by atoms with van der Waals surface area (Å²) in [5.74, 6) is -1.12. The van der Waals surface area contributed by atoms with Crippen molar-refractivity contribution in [2.75, 3.05) is 12.4 Å². The van der Waals surface area contributed by atoms with Crippen LogP contribution < -0.4 is 10.6 Å². The summed E-state index contributed by atoms with van der Waals surface area (Å²) in [6.07, 6.45) is 0. The molecule has 0 unspecified atom stereocenters. The van der Waals surface area contributed by atoms with Gasteiger partial charge in [0.2, 0.25) is 0 Å². The lowest BCUT2D eigenvalue weighted by atomic mass is 10.1. The molecule has 0 aliphatic heterocycles. The zero-order valence-electron chi connectivity index (χ0n) is 15.3. The standard InChI is InChI=1S/C20H22N2O4/c1-20(2,3)22-18(24)14-8-6-10-16(12-14)21-17(23)13-7-5-9-15(11-13)19(25)26-4/h5-12H,1-4H3,(H,21,23)(H,22,24). The summed E-state index contributed by atoms with van der Waals surface area (Å²) in [5, 5.41) is 5.60. The van der Waals surface area contributed by atoms with Gasteiger partial charge in [-0.2, -0.15) is 0 Å². The molecule has 6 heteroatoms. The molecule has 2 N–H and O–H groups in total. The van der Waals surface area contributed by atoms with Gasteiger partial charge in [-0.3, -0.25) is 9.59 Å². The van der Waals surface area contributed by atoms with Gasteiger partial charge in [0, 0.05) is 22.4 Å². The summed E-state index contributed by atoms with van der Waals surface area (Å²) in [6.45, 7) is 5.68. The lowest BCUT2D eigenvalue weighted by molar-refractivity contribution is 0.0600. The van der Waals surface area contributed by atoms with E-state index >= 15 is 0 Å². The number of carbonyl (C=O) groups excluding carboxylic acids is 3. The van der Waals surface area contributed by atoms with Crippen LogP contribution in [0.4, 0.5) is 5.69 Å². The largest absolute Gasteiger partial charge is 0.465 e. The maximum absolute atomic E-state index is 12.4. The van der Waals surface area contributed by atoms with Crippen LogP contribution in [-0.2, 0) is 4.74 Å². The Morgan fingerprint density at radius 3 is 2.04 bits per heavy atom. The molecule has 0 aromatic heterocycles. The number of nitrogens with one attached hydrogen (secondary N) is 2. The monoisotopic (exact) mass is 354 g/mol. The van der Waals surface area contributed by atoms with Crippen LogP contribution in [0.2, 0.25) is 0 Å². The number of hydrogen-bond donors (Lipinski definition) is 2. The fourth-order valence-corrected chi connectivity index (χ4v) is 2.26. The van der Waals surface area contributed by atoms with Crippen molar-refractivity contribution < 1.29 is 19.1 Å². The molecule has 0 heterocycles. The van der Waals surface area contributed by atoms with Crippen LogP contribution in [0.15, 0.2) is 48.5 Å². The molecule has 0 fully saturated rings. The third-order valence-electron chi connectivity index (χ3n) is 3.42. The molecule has 0 aliphatic rings. The summed E-state index contributed by atoms with van der Waals surface area (Å²) >= 11 is 0. The Hall–Kier alpha value is -3.15. The van der Waals surface area contributed by atoms with Crippen molar-refractivity contribution in [3.8, 4) is 0 Å². The van der Waals surface area contributed by atoms with Crippen LogP contribution in [0.5, 0.6) is 0 Å². The smallest absolute Gasteiger partial charge is 0.337 e. The van der Waals surface area contributed by atoms with Crippen LogP contribution in [-0.4, -0.2) is 30.4 Å². The average Bonchev–Trinajstić information content (AvgIpc) is 2.60. The molecular weight excluding hydrogens is 332 g/mol. The molecule has 0 radical (unpaired) electrons. The van der Waals surface area contributed by atoms with E-state index in [1.165, 1.54) is 13.2 Å². The first-order valence-corrected chi connectivity index (χ1v) is 8.12. The summed E-state index contributed by atoms with van der Waals surface area (Å²) < 4.78 is 4.66. The summed E-state index contributed by atoms with van der Waals surface area (Å²) in [7, 11) is 1.28. The minimum atomic E-state index is -0.513. The zero-order chi connectivity index (χ0) is 19.3. The number of benzene rings is 2. The highest BCUT2D eigenvalue weighted by molar-refractivity contribution is 6.06. The van der Waals surface area contributed by atoms with Crippen LogP contribution >= 0.6 is 0 Å². The Balaban J connectivity index is 2.16. The second kappa shape index (κ2) is 7.82. The van der Waals surface area contributed by atoms with E-state index in [1.54, 1.807) is 42.5 Å². The third kappa shape index (κ3) is 5.17. The Morgan fingerprint density at radius 2 is 1.42 bits per heavy atom. The molecule has 2 aromatic rings. The average molecular weight is 354 g/mol. The normalized spacial score (nSPS) is 10.8. The highest BCUT2D eigenvalue weighted by Crippen LogP contribution is 2.14. The highest BCUT2D eigenvalue weighted by Gasteiger charge is 2.16. The Bertz CT molecular complexity index is 838. The number of carbonyl (C=O) groups is 3. The number of rotatable bonds is 4. The van der Waals surface area contributed by atoms with Crippen LogP contribution in [0.1, 0.15) is 51.8 Å². The number of anilines is 1. The second-order valence-electron chi connectivity index (χ2n) is 6.81. The molecule has 0 bridgehead atoms. The first-order valence-electron chi connectivity index (χ1n) is 8.12. The molecule has 2 aromatic carbocycles. The van der Waals surface area contributed by atoms with Gasteiger partial charge in [-0.1, -0.05) is 12.1 Å². The maximum Gasteiger partial charge on any atom is 0.337 e. The van der Waals surface area contributed by atoms with Crippen LogP contribution in [0, 0.1) is 0 Å². The van der Waals surface area contributed by atoms with Gasteiger partial charge in [0.15, 0.2) is 0 Å². The molecule has 2 amide bonds. The van der Waals surface area contributed by atoms with Gasteiger partial charge >= 0.3 is 5.97 Å². The molecule has 6 nitrogen and oxygen atoms in total. The minimum Gasteiger partial charge on any atom is -0.465 e. The minimum absolute atomic E-state index is 0.221. The molecule has 2 rings (SSSR count). The van der Waals surface area contributed by atoms with Gasteiger partial charge in [0.25, 0.3) is 11.8 Å². The SMILES string of the molecule is COC(=O)c1cccc(C(=O)Nc2cccc(C(=O)NC(C)(C)C)c2)c1. The number of amides is 2. The fraction of sp³-hybridized carbons (Fsp3) is 0.250. The van der Waals surface area contributed by atoms with Gasteiger partial charge in [0.05, 0.1) is 12.7 Å². The molecule has 0 atom stereocenters. The number of methoxy groups -OCH3 is 1. The molecule has 0 spiro atoms. The molecule has 26 heavy (non-hydrogen) atoms. The molecule has 0 aliphatic carbocycles. The molecule has 136 valence electrons. The van der Waals surface area contributed by atoms with Crippen molar-refractivity contribution in [1.82, 2.24) is 5.32 Å². The zero-order valence-corrected chi connectivity index (χ0v) is 15.3. The van der Waals surface area contributed by atoms with E-state index in [1.807, 2.05) is 20.8 Å². The van der Waals surface area contributed by atoms with Gasteiger partial charge in [0.1, 0.15) is 0 Å². The van der Waals surface area contributed by atoms with E-state index in [4.69, 9.17) is 0 Å². The van der Waals surface area contributed by atoms with Gasteiger partial charge < -0.3 is 15.4 Å². The van der Waals surface area contributed by atoms with Crippen molar-refractivity contribution >= 4 is 23.5 Å². The Morgan fingerprint density at radius 1 is 0.846 bits per heavy atom. The van der Waals surface area contributed by atoms with Gasteiger partial charge in [-0.25, -0.2) is 4.79 Å². The molecule has 0 saturated heterocycles. The second-order valence-corrected chi connectivity index (χ2v) is 6.81. The van der Waals surface area contributed by atoms with E-state index in [0.29, 0.717) is 22.4 Å². The maximum atomic E-state index is 12.4. The van der Waals surface area contributed by atoms with Crippen molar-refractivity contribution in [3.05, 3.63) is 65.2 Å². The first kappa shape index (κ1) is 19.2. The van der Waals surface area contributed by atoms with E-state index in [9.17, 15) is 14.4 Å². The Kier molecular flexibility index (Phi) is 5.77. The molecule has 0 saturated carbocycles. The Labute approximate surface area is 152 Å². The fourth-order valence-electron chi connectivity index (χ4n) is 2.26.